The maximum absolute atomic E-state index is 10.5. The van der Waals surface area contributed by atoms with Gasteiger partial charge in [0, 0.05) is 17.1 Å². The molecule has 6 nitrogen and oxygen atoms in total. The Balaban J connectivity index is 3.03. The lowest BCUT2D eigenvalue weighted by molar-refractivity contribution is -0.493. The van der Waals surface area contributed by atoms with Gasteiger partial charge in [-0.3, -0.25) is 10.1 Å². The monoisotopic (exact) mass is 181 g/mol. The molecular weight excluding hydrogens is 174 g/mol. The van der Waals surface area contributed by atoms with Crippen molar-refractivity contribution in [1.29, 1.82) is 0 Å². The summed E-state index contributed by atoms with van der Waals surface area (Å²) in [4.78, 5) is 12.7. The molecule has 0 bridgehead atoms. The third-order valence-corrected chi connectivity index (χ3v) is 1.62. The van der Waals surface area contributed by atoms with E-state index >= 15 is 0 Å². The molecule has 6 heteroatoms. The van der Waals surface area contributed by atoms with Gasteiger partial charge < -0.3 is 10.3 Å². The average Bonchev–Trinajstić information content (AvgIpc) is 2.16. The molecule has 1 rings (SSSR count). The van der Waals surface area contributed by atoms with Crippen molar-refractivity contribution in [2.24, 2.45) is 0 Å². The Morgan fingerprint density at radius 2 is 2.38 bits per heavy atom. The number of ether oxygens (including phenoxy) is 1. The summed E-state index contributed by atoms with van der Waals surface area (Å²) in [6, 6.07) is -1.13. The van der Waals surface area contributed by atoms with Crippen LogP contribution in [0.5, 0.6) is 0 Å². The molecule has 0 amide bonds. The summed E-state index contributed by atoms with van der Waals surface area (Å²) in [5.41, 5.74) is 8.42. The van der Waals surface area contributed by atoms with Gasteiger partial charge in [-0.2, -0.15) is 4.79 Å². The number of nitro groups is 1. The molecule has 0 heterocycles. The summed E-state index contributed by atoms with van der Waals surface area (Å²) in [6.07, 6.45) is 4.11. The van der Waals surface area contributed by atoms with E-state index in [1.54, 1.807) is 0 Å². The van der Waals surface area contributed by atoms with Crippen molar-refractivity contribution < 1.29 is 14.5 Å². The summed E-state index contributed by atoms with van der Waals surface area (Å²) >= 11 is 0. The van der Waals surface area contributed by atoms with E-state index < -0.39 is 11.0 Å². The highest BCUT2D eigenvalue weighted by Crippen LogP contribution is 2.10. The number of allylic oxidation sites excluding steroid dienone is 1. The second-order valence-electron chi connectivity index (χ2n) is 2.36. The highest BCUT2D eigenvalue weighted by molar-refractivity contribution is 5.96. The lowest BCUT2D eigenvalue weighted by atomic mass is 10.1. The van der Waals surface area contributed by atoms with Gasteiger partial charge >= 0.3 is 11.8 Å². The molecule has 1 unspecified atom stereocenters. The summed E-state index contributed by atoms with van der Waals surface area (Å²) in [6.45, 7) is 0. The van der Waals surface area contributed by atoms with Crippen molar-refractivity contribution >= 4 is 5.71 Å². The lowest BCUT2D eigenvalue weighted by Gasteiger charge is -2.05. The predicted molar refractivity (Wildman–Crippen MR) is 43.6 cm³/mol. The SMILES string of the molecule is COC1=CC([N+](=O)[O-])C(=[N+]=[N-])C=C1. The van der Waals surface area contributed by atoms with Crippen molar-refractivity contribution in [3.8, 4) is 0 Å². The maximum atomic E-state index is 10.5. The molecule has 0 spiro atoms. The minimum atomic E-state index is -1.13. The lowest BCUT2D eigenvalue weighted by Crippen LogP contribution is -2.29. The predicted octanol–water partition coefficient (Wildman–Crippen LogP) is 0.403. The number of rotatable bonds is 2. The largest absolute Gasteiger partial charge is 0.497 e. The second kappa shape index (κ2) is 3.64. The summed E-state index contributed by atoms with van der Waals surface area (Å²) in [7, 11) is 1.41. The maximum Gasteiger partial charge on any atom is 0.369 e. The van der Waals surface area contributed by atoms with Gasteiger partial charge in [0.25, 0.3) is 0 Å². The third kappa shape index (κ3) is 1.80. The Hall–Kier alpha value is -1.94. The highest BCUT2D eigenvalue weighted by atomic mass is 16.6. The van der Waals surface area contributed by atoms with Gasteiger partial charge in [0.2, 0.25) is 0 Å². The molecule has 68 valence electrons. The summed E-state index contributed by atoms with van der Waals surface area (Å²) in [5, 5.41) is 10.5. The first-order valence-electron chi connectivity index (χ1n) is 3.48. The summed E-state index contributed by atoms with van der Waals surface area (Å²) < 4.78 is 4.80. The van der Waals surface area contributed by atoms with Crippen molar-refractivity contribution in [2.45, 2.75) is 6.04 Å². The second-order valence-corrected chi connectivity index (χ2v) is 2.36. The zero-order valence-corrected chi connectivity index (χ0v) is 6.88. The fourth-order valence-corrected chi connectivity index (χ4v) is 0.960. The number of methoxy groups -OCH3 is 1. The molecule has 1 aliphatic rings. The van der Waals surface area contributed by atoms with Crippen LogP contribution in [0.2, 0.25) is 0 Å². The number of nitrogens with zero attached hydrogens (tertiary/aromatic N) is 3. The van der Waals surface area contributed by atoms with E-state index in [0.29, 0.717) is 5.76 Å². The molecule has 0 N–H and O–H groups in total. The quantitative estimate of drug-likeness (QED) is 0.267. The first-order valence-corrected chi connectivity index (χ1v) is 3.48. The van der Waals surface area contributed by atoms with E-state index in [2.05, 4.69) is 4.79 Å². The highest BCUT2D eigenvalue weighted by Gasteiger charge is 2.33. The Labute approximate surface area is 73.9 Å². The zero-order valence-electron chi connectivity index (χ0n) is 6.88. The minimum absolute atomic E-state index is 0.00852. The standard InChI is InChI=1S/C7H7N3O3/c1-13-5-2-3-6(9-8)7(4-5)10(11)12/h2-4,7H,1H3. The Morgan fingerprint density at radius 3 is 2.85 bits per heavy atom. The van der Waals surface area contributed by atoms with E-state index in [1.807, 2.05) is 0 Å². The molecule has 0 saturated heterocycles. The fourth-order valence-electron chi connectivity index (χ4n) is 0.960. The van der Waals surface area contributed by atoms with Gasteiger partial charge in [-0.25, -0.2) is 0 Å². The molecule has 0 saturated carbocycles. The Morgan fingerprint density at radius 1 is 1.69 bits per heavy atom. The average molecular weight is 181 g/mol. The molecule has 1 aliphatic carbocycles. The van der Waals surface area contributed by atoms with Crippen molar-refractivity contribution in [3.05, 3.63) is 39.6 Å². The Bertz CT molecular complexity index is 339. The van der Waals surface area contributed by atoms with Crippen molar-refractivity contribution in [3.63, 3.8) is 0 Å². The topological polar surface area (TPSA) is 88.8 Å². The van der Waals surface area contributed by atoms with E-state index in [1.165, 1.54) is 25.3 Å². The van der Waals surface area contributed by atoms with Gasteiger partial charge in [-0.15, -0.1) is 0 Å². The molecule has 0 radical (unpaired) electrons. The van der Waals surface area contributed by atoms with E-state index in [0.717, 1.165) is 0 Å². The summed E-state index contributed by atoms with van der Waals surface area (Å²) in [5.74, 6) is 0.383. The van der Waals surface area contributed by atoms with Gasteiger partial charge in [-0.1, -0.05) is 0 Å². The van der Waals surface area contributed by atoms with Crippen LogP contribution in [0, 0.1) is 10.1 Å². The van der Waals surface area contributed by atoms with Crippen LogP contribution in [0.15, 0.2) is 24.0 Å². The Kier molecular flexibility index (Phi) is 2.56. The molecule has 1 atom stereocenters. The van der Waals surface area contributed by atoms with Crippen LogP contribution in [0.4, 0.5) is 0 Å². The minimum Gasteiger partial charge on any atom is -0.497 e. The smallest absolute Gasteiger partial charge is 0.369 e. The number of hydrogen-bond donors (Lipinski definition) is 0. The number of hydrogen-bond acceptors (Lipinski definition) is 3. The van der Waals surface area contributed by atoms with Crippen LogP contribution in [-0.4, -0.2) is 28.6 Å². The first-order chi connectivity index (χ1) is 6.19. The van der Waals surface area contributed by atoms with Gasteiger partial charge in [0.1, 0.15) is 5.76 Å². The molecule has 0 fully saturated rings. The van der Waals surface area contributed by atoms with Gasteiger partial charge in [0.05, 0.1) is 7.11 Å². The normalized spacial score (nSPS) is 20.5. The first kappa shape index (κ1) is 9.15. The van der Waals surface area contributed by atoms with E-state index in [-0.39, 0.29) is 5.71 Å². The van der Waals surface area contributed by atoms with Gasteiger partial charge in [-0.05, 0) is 6.08 Å². The zero-order chi connectivity index (χ0) is 9.84. The van der Waals surface area contributed by atoms with Crippen LogP contribution in [0.3, 0.4) is 0 Å². The van der Waals surface area contributed by atoms with E-state index in [9.17, 15) is 10.1 Å². The van der Waals surface area contributed by atoms with Crippen molar-refractivity contribution in [2.75, 3.05) is 7.11 Å². The van der Waals surface area contributed by atoms with Crippen LogP contribution < -0.4 is 0 Å². The van der Waals surface area contributed by atoms with Crippen LogP contribution in [0.25, 0.3) is 5.53 Å². The van der Waals surface area contributed by atoms with Gasteiger partial charge in [0.15, 0.2) is 0 Å². The molecule has 0 aromatic rings. The fraction of sp³-hybridized carbons (Fsp3) is 0.286. The van der Waals surface area contributed by atoms with Crippen LogP contribution >= 0.6 is 0 Å². The van der Waals surface area contributed by atoms with Crippen LogP contribution in [0.1, 0.15) is 0 Å². The van der Waals surface area contributed by atoms with Crippen LogP contribution in [-0.2, 0) is 4.74 Å². The molecule has 0 aromatic heterocycles. The van der Waals surface area contributed by atoms with E-state index in [4.69, 9.17) is 10.3 Å². The molecule has 0 aromatic carbocycles. The third-order valence-electron chi connectivity index (χ3n) is 1.62. The van der Waals surface area contributed by atoms with Crippen molar-refractivity contribution in [1.82, 2.24) is 0 Å². The molecule has 13 heavy (non-hydrogen) atoms. The molecule has 0 aliphatic heterocycles. The molecular formula is C7H7N3O3.